The van der Waals surface area contributed by atoms with E-state index in [1.807, 2.05) is 0 Å². The van der Waals surface area contributed by atoms with Gasteiger partial charge in [0.15, 0.2) is 0 Å². The Hall–Kier alpha value is -3.22. The van der Waals surface area contributed by atoms with Crippen molar-refractivity contribution in [3.05, 3.63) is 36.4 Å². The van der Waals surface area contributed by atoms with Gasteiger partial charge in [-0.1, -0.05) is 0 Å². The number of hydrogen-bond acceptors (Lipinski definition) is 7. The molecule has 0 bridgehead atoms. The number of methoxy groups -OCH3 is 4. The lowest BCUT2D eigenvalue weighted by Crippen LogP contribution is -1.89. The van der Waals surface area contributed by atoms with E-state index in [1.165, 1.54) is 0 Å². The first-order valence-electron chi connectivity index (χ1n) is 7.47. The molecule has 3 aromatic rings. The Morgan fingerprint density at radius 1 is 0.560 bits per heavy atom. The summed E-state index contributed by atoms with van der Waals surface area (Å²) in [6, 6.07) is 10.7. The molecular weight excluding hydrogens is 324 g/mol. The molecule has 0 aliphatic carbocycles. The van der Waals surface area contributed by atoms with Gasteiger partial charge in [-0.3, -0.25) is 0 Å². The molecule has 0 amide bonds. The van der Waals surface area contributed by atoms with Crippen molar-refractivity contribution in [2.45, 2.75) is 0 Å². The fraction of sp³-hybridized carbons (Fsp3) is 0.222. The lowest BCUT2D eigenvalue weighted by Gasteiger charge is -2.06. The summed E-state index contributed by atoms with van der Waals surface area (Å²) >= 11 is 0. The third-order valence-corrected chi connectivity index (χ3v) is 3.62. The number of rotatable bonds is 6. The predicted octanol–water partition coefficient (Wildman–Crippen LogP) is 3.44. The van der Waals surface area contributed by atoms with Gasteiger partial charge >= 0.3 is 0 Å². The standard InChI is InChI=1S/C18H18N2O5/c1-21-13-5-11(6-14(9-13)22-2)17-19-20-18(25-17)12-7-15(23-3)10-16(8-12)24-4/h5-10H,1-4H3. The number of nitrogens with zero attached hydrogens (tertiary/aromatic N) is 2. The molecule has 0 fully saturated rings. The molecule has 0 unspecified atom stereocenters. The minimum Gasteiger partial charge on any atom is -0.497 e. The first kappa shape index (κ1) is 16.6. The predicted molar refractivity (Wildman–Crippen MR) is 91.4 cm³/mol. The van der Waals surface area contributed by atoms with Crippen molar-refractivity contribution >= 4 is 0 Å². The molecule has 0 aliphatic rings. The first-order valence-corrected chi connectivity index (χ1v) is 7.47. The number of ether oxygens (including phenoxy) is 4. The van der Waals surface area contributed by atoms with E-state index in [-0.39, 0.29) is 0 Å². The lowest BCUT2D eigenvalue weighted by atomic mass is 10.2. The zero-order valence-corrected chi connectivity index (χ0v) is 14.4. The van der Waals surface area contributed by atoms with Crippen LogP contribution in [0.4, 0.5) is 0 Å². The summed E-state index contributed by atoms with van der Waals surface area (Å²) in [7, 11) is 6.33. The molecule has 1 aromatic heterocycles. The number of hydrogen-bond donors (Lipinski definition) is 0. The molecule has 0 radical (unpaired) electrons. The van der Waals surface area contributed by atoms with E-state index in [4.69, 9.17) is 23.4 Å². The van der Waals surface area contributed by atoms with Gasteiger partial charge in [0.1, 0.15) is 23.0 Å². The normalized spacial score (nSPS) is 10.4. The minimum absolute atomic E-state index is 0.356. The van der Waals surface area contributed by atoms with Gasteiger partial charge in [0.2, 0.25) is 11.8 Å². The second kappa shape index (κ2) is 7.12. The van der Waals surface area contributed by atoms with Gasteiger partial charge in [-0.05, 0) is 24.3 Å². The van der Waals surface area contributed by atoms with E-state index in [0.717, 1.165) is 0 Å². The average Bonchev–Trinajstić information content (AvgIpc) is 3.17. The second-order valence-corrected chi connectivity index (χ2v) is 5.12. The monoisotopic (exact) mass is 342 g/mol. The molecule has 0 N–H and O–H groups in total. The van der Waals surface area contributed by atoms with Crippen LogP contribution in [0.1, 0.15) is 0 Å². The van der Waals surface area contributed by atoms with Crippen molar-refractivity contribution in [2.75, 3.05) is 28.4 Å². The van der Waals surface area contributed by atoms with Gasteiger partial charge in [0, 0.05) is 23.3 Å². The van der Waals surface area contributed by atoms with Crippen LogP contribution in [0.5, 0.6) is 23.0 Å². The Morgan fingerprint density at radius 2 is 0.880 bits per heavy atom. The molecule has 0 saturated carbocycles. The Morgan fingerprint density at radius 3 is 1.16 bits per heavy atom. The first-order chi connectivity index (χ1) is 12.2. The van der Waals surface area contributed by atoms with Gasteiger partial charge in [-0.15, -0.1) is 10.2 Å². The smallest absolute Gasteiger partial charge is 0.248 e. The molecule has 130 valence electrons. The molecule has 3 rings (SSSR count). The van der Waals surface area contributed by atoms with Gasteiger partial charge < -0.3 is 23.4 Å². The molecule has 0 saturated heterocycles. The third-order valence-electron chi connectivity index (χ3n) is 3.62. The molecule has 0 aliphatic heterocycles. The van der Waals surface area contributed by atoms with Crippen LogP contribution in [-0.4, -0.2) is 38.6 Å². The average molecular weight is 342 g/mol. The van der Waals surface area contributed by atoms with Crippen molar-refractivity contribution in [2.24, 2.45) is 0 Å². The van der Waals surface area contributed by atoms with E-state index >= 15 is 0 Å². The van der Waals surface area contributed by atoms with Crippen molar-refractivity contribution in [3.8, 4) is 45.9 Å². The highest BCUT2D eigenvalue weighted by molar-refractivity contribution is 5.63. The highest BCUT2D eigenvalue weighted by Gasteiger charge is 2.14. The third kappa shape index (κ3) is 3.50. The lowest BCUT2D eigenvalue weighted by molar-refractivity contribution is 0.394. The van der Waals surface area contributed by atoms with Gasteiger partial charge in [0.25, 0.3) is 0 Å². The summed E-state index contributed by atoms with van der Waals surface area (Å²) in [5, 5.41) is 8.23. The Balaban J connectivity index is 2.01. The maximum Gasteiger partial charge on any atom is 0.248 e. The summed E-state index contributed by atoms with van der Waals surface area (Å²) < 4.78 is 26.9. The molecule has 7 heteroatoms. The van der Waals surface area contributed by atoms with Crippen LogP contribution in [0.2, 0.25) is 0 Å². The quantitative estimate of drug-likeness (QED) is 0.679. The molecule has 1 heterocycles. The van der Waals surface area contributed by atoms with E-state index < -0.39 is 0 Å². The Bertz CT molecular complexity index is 761. The zero-order chi connectivity index (χ0) is 17.8. The molecule has 25 heavy (non-hydrogen) atoms. The van der Waals surface area contributed by atoms with Crippen LogP contribution in [0.3, 0.4) is 0 Å². The summed E-state index contributed by atoms with van der Waals surface area (Å²) in [5.41, 5.74) is 1.40. The van der Waals surface area contributed by atoms with Crippen LogP contribution in [0, 0.1) is 0 Å². The van der Waals surface area contributed by atoms with E-state index in [0.29, 0.717) is 45.9 Å². The van der Waals surface area contributed by atoms with Crippen LogP contribution < -0.4 is 18.9 Å². The molecule has 0 spiro atoms. The fourth-order valence-electron chi connectivity index (χ4n) is 2.32. The summed E-state index contributed by atoms with van der Waals surface area (Å²) in [5.74, 6) is 3.26. The van der Waals surface area contributed by atoms with E-state index in [9.17, 15) is 0 Å². The van der Waals surface area contributed by atoms with Crippen molar-refractivity contribution in [1.82, 2.24) is 10.2 Å². The van der Waals surface area contributed by atoms with Crippen LogP contribution in [0.15, 0.2) is 40.8 Å². The van der Waals surface area contributed by atoms with E-state index in [2.05, 4.69) is 10.2 Å². The topological polar surface area (TPSA) is 75.8 Å². The van der Waals surface area contributed by atoms with Crippen LogP contribution >= 0.6 is 0 Å². The Kier molecular flexibility index (Phi) is 4.74. The van der Waals surface area contributed by atoms with Crippen LogP contribution in [-0.2, 0) is 0 Å². The highest BCUT2D eigenvalue weighted by Crippen LogP contribution is 2.33. The summed E-state index contributed by atoms with van der Waals surface area (Å²) in [4.78, 5) is 0. The molecule has 2 aromatic carbocycles. The summed E-state index contributed by atoms with van der Waals surface area (Å²) in [6.45, 7) is 0. The van der Waals surface area contributed by atoms with Gasteiger partial charge in [-0.25, -0.2) is 0 Å². The highest BCUT2D eigenvalue weighted by atomic mass is 16.5. The summed E-state index contributed by atoms with van der Waals surface area (Å²) in [6.07, 6.45) is 0. The number of aromatic nitrogens is 2. The maximum atomic E-state index is 5.81. The SMILES string of the molecule is COc1cc(OC)cc(-c2nnc(-c3cc(OC)cc(OC)c3)o2)c1. The molecular formula is C18H18N2O5. The zero-order valence-electron chi connectivity index (χ0n) is 14.4. The van der Waals surface area contributed by atoms with Gasteiger partial charge in [0.05, 0.1) is 28.4 Å². The fourth-order valence-corrected chi connectivity index (χ4v) is 2.32. The molecule has 7 nitrogen and oxygen atoms in total. The van der Waals surface area contributed by atoms with Crippen LogP contribution in [0.25, 0.3) is 22.9 Å². The van der Waals surface area contributed by atoms with Gasteiger partial charge in [-0.2, -0.15) is 0 Å². The second-order valence-electron chi connectivity index (χ2n) is 5.12. The van der Waals surface area contributed by atoms with Crippen molar-refractivity contribution in [1.29, 1.82) is 0 Å². The molecule has 0 atom stereocenters. The van der Waals surface area contributed by atoms with Crippen molar-refractivity contribution < 1.29 is 23.4 Å². The minimum atomic E-state index is 0.356. The van der Waals surface area contributed by atoms with E-state index in [1.54, 1.807) is 64.8 Å². The Labute approximate surface area is 145 Å². The maximum absolute atomic E-state index is 5.81. The number of benzene rings is 2. The van der Waals surface area contributed by atoms with Crippen molar-refractivity contribution in [3.63, 3.8) is 0 Å². The largest absolute Gasteiger partial charge is 0.497 e.